The molecule has 5 rings (SSSR count). The second kappa shape index (κ2) is 8.34. The number of piperidine rings is 1. The fourth-order valence-electron chi connectivity index (χ4n) is 4.49. The Hall–Kier alpha value is -3.47. The topological polar surface area (TPSA) is 59.2 Å². The van der Waals surface area contributed by atoms with E-state index in [0.717, 1.165) is 43.6 Å². The average molecular weight is 412 g/mol. The molecule has 0 atom stereocenters. The molecule has 0 aliphatic carbocycles. The van der Waals surface area contributed by atoms with E-state index in [1.807, 2.05) is 48.2 Å². The molecule has 156 valence electrons. The summed E-state index contributed by atoms with van der Waals surface area (Å²) in [5.74, 6) is 0.648. The van der Waals surface area contributed by atoms with Crippen LogP contribution in [0.3, 0.4) is 0 Å². The molecule has 1 aliphatic rings. The maximum absolute atomic E-state index is 13.5. The quantitative estimate of drug-likeness (QED) is 0.458. The highest BCUT2D eigenvalue weighted by atomic mass is 16.5. The number of hydrogen-bond donors (Lipinski definition) is 0. The van der Waals surface area contributed by atoms with Crippen LogP contribution in [0, 0.1) is 12.8 Å². The molecule has 1 fully saturated rings. The number of benzene rings is 2. The molecular formula is C26H25N3O2. The third-order valence-corrected chi connectivity index (χ3v) is 6.12. The number of rotatable bonds is 4. The van der Waals surface area contributed by atoms with E-state index in [2.05, 4.69) is 40.5 Å². The fourth-order valence-corrected chi connectivity index (χ4v) is 4.49. The summed E-state index contributed by atoms with van der Waals surface area (Å²) in [6.07, 6.45) is 3.11. The minimum atomic E-state index is 0.0362. The molecule has 0 bridgehead atoms. The Balaban J connectivity index is 1.39. The Kier molecular flexibility index (Phi) is 5.24. The molecule has 1 amide bonds. The van der Waals surface area contributed by atoms with Gasteiger partial charge in [0.05, 0.1) is 10.9 Å². The predicted molar refractivity (Wildman–Crippen MR) is 121 cm³/mol. The van der Waals surface area contributed by atoms with Crippen molar-refractivity contribution in [3.05, 3.63) is 83.6 Å². The fraction of sp³-hybridized carbons (Fsp3) is 0.269. The Morgan fingerprint density at radius 1 is 1.03 bits per heavy atom. The van der Waals surface area contributed by atoms with Crippen molar-refractivity contribution in [2.45, 2.75) is 26.2 Å². The van der Waals surface area contributed by atoms with Crippen molar-refractivity contribution in [1.82, 2.24) is 15.0 Å². The first-order valence-electron chi connectivity index (χ1n) is 10.8. The number of fused-ring (bicyclic) bond motifs is 1. The van der Waals surface area contributed by atoms with Gasteiger partial charge in [0.2, 0.25) is 0 Å². The Labute approximate surface area is 181 Å². The van der Waals surface area contributed by atoms with Gasteiger partial charge in [0.25, 0.3) is 11.6 Å². The van der Waals surface area contributed by atoms with E-state index >= 15 is 0 Å². The highest BCUT2D eigenvalue weighted by Crippen LogP contribution is 2.32. The first kappa shape index (κ1) is 19.5. The maximum Gasteiger partial charge on any atom is 0.259 e. The molecule has 0 radical (unpaired) electrons. The first-order valence-corrected chi connectivity index (χ1v) is 10.8. The molecule has 5 heteroatoms. The molecular weight excluding hydrogens is 386 g/mol. The number of nitrogens with zero attached hydrogens (tertiary/aromatic N) is 3. The number of likely N-dealkylation sites (tertiary alicyclic amines) is 1. The van der Waals surface area contributed by atoms with Crippen molar-refractivity contribution in [3.8, 4) is 11.3 Å². The van der Waals surface area contributed by atoms with Gasteiger partial charge in [-0.2, -0.15) is 0 Å². The van der Waals surface area contributed by atoms with Gasteiger partial charge < -0.3 is 9.42 Å². The van der Waals surface area contributed by atoms with Crippen LogP contribution in [0.4, 0.5) is 0 Å². The van der Waals surface area contributed by atoms with Gasteiger partial charge in [0, 0.05) is 24.3 Å². The zero-order valence-corrected chi connectivity index (χ0v) is 17.6. The SMILES string of the molecule is Cc1cc(C(=O)N2CCC(Cc3ccccc3)CC2)c2c(-c3ccccc3)noc2n1. The lowest BCUT2D eigenvalue weighted by Gasteiger charge is -2.32. The van der Waals surface area contributed by atoms with Crippen molar-refractivity contribution in [2.75, 3.05) is 13.1 Å². The summed E-state index contributed by atoms with van der Waals surface area (Å²) >= 11 is 0. The van der Waals surface area contributed by atoms with Gasteiger partial charge in [-0.3, -0.25) is 4.79 Å². The van der Waals surface area contributed by atoms with Crippen LogP contribution in [0.5, 0.6) is 0 Å². The van der Waals surface area contributed by atoms with E-state index in [9.17, 15) is 4.79 Å². The van der Waals surface area contributed by atoms with Gasteiger partial charge in [-0.25, -0.2) is 4.98 Å². The number of pyridine rings is 1. The summed E-state index contributed by atoms with van der Waals surface area (Å²) in [6, 6.07) is 22.3. The van der Waals surface area contributed by atoms with Crippen LogP contribution < -0.4 is 0 Å². The summed E-state index contributed by atoms with van der Waals surface area (Å²) in [5, 5.41) is 4.95. The minimum Gasteiger partial charge on any atom is -0.339 e. The van der Waals surface area contributed by atoms with E-state index in [1.165, 1.54) is 5.56 Å². The normalized spacial score (nSPS) is 14.8. The maximum atomic E-state index is 13.5. The van der Waals surface area contributed by atoms with Crippen LogP contribution in [0.2, 0.25) is 0 Å². The minimum absolute atomic E-state index is 0.0362. The monoisotopic (exact) mass is 411 g/mol. The molecule has 5 nitrogen and oxygen atoms in total. The molecule has 1 saturated heterocycles. The second-order valence-corrected chi connectivity index (χ2v) is 8.31. The molecule has 0 saturated carbocycles. The van der Waals surface area contributed by atoms with Gasteiger partial charge >= 0.3 is 0 Å². The van der Waals surface area contributed by atoms with Crippen LogP contribution >= 0.6 is 0 Å². The lowest BCUT2D eigenvalue weighted by Crippen LogP contribution is -2.39. The Morgan fingerprint density at radius 3 is 2.42 bits per heavy atom. The molecule has 0 N–H and O–H groups in total. The third-order valence-electron chi connectivity index (χ3n) is 6.12. The third kappa shape index (κ3) is 3.96. The van der Waals surface area contributed by atoms with E-state index in [-0.39, 0.29) is 5.91 Å². The number of hydrogen-bond acceptors (Lipinski definition) is 4. The number of aryl methyl sites for hydroxylation is 1. The van der Waals surface area contributed by atoms with E-state index in [1.54, 1.807) is 0 Å². The lowest BCUT2D eigenvalue weighted by atomic mass is 9.90. The van der Waals surface area contributed by atoms with Gasteiger partial charge in [-0.15, -0.1) is 0 Å². The smallest absolute Gasteiger partial charge is 0.259 e. The van der Waals surface area contributed by atoms with Crippen LogP contribution in [-0.2, 0) is 6.42 Å². The van der Waals surface area contributed by atoms with Crippen LogP contribution in [0.1, 0.15) is 34.5 Å². The molecule has 1 aliphatic heterocycles. The second-order valence-electron chi connectivity index (χ2n) is 8.31. The molecule has 0 spiro atoms. The molecule has 31 heavy (non-hydrogen) atoms. The van der Waals surface area contributed by atoms with Crippen molar-refractivity contribution in [2.24, 2.45) is 5.92 Å². The van der Waals surface area contributed by atoms with Crippen molar-refractivity contribution in [1.29, 1.82) is 0 Å². The highest BCUT2D eigenvalue weighted by molar-refractivity contribution is 6.09. The van der Waals surface area contributed by atoms with E-state index in [4.69, 9.17) is 4.52 Å². The molecule has 2 aromatic heterocycles. The van der Waals surface area contributed by atoms with Crippen LogP contribution in [0.15, 0.2) is 71.3 Å². The largest absolute Gasteiger partial charge is 0.339 e. The highest BCUT2D eigenvalue weighted by Gasteiger charge is 2.27. The molecule has 2 aromatic carbocycles. The summed E-state index contributed by atoms with van der Waals surface area (Å²) in [6.45, 7) is 3.42. The number of amides is 1. The zero-order chi connectivity index (χ0) is 21.2. The van der Waals surface area contributed by atoms with Gasteiger partial charge in [0.15, 0.2) is 0 Å². The number of carbonyl (C=O) groups is 1. The van der Waals surface area contributed by atoms with E-state index < -0.39 is 0 Å². The summed E-state index contributed by atoms with van der Waals surface area (Å²) in [7, 11) is 0. The van der Waals surface area contributed by atoms with Crippen molar-refractivity contribution >= 4 is 17.0 Å². The summed E-state index contributed by atoms with van der Waals surface area (Å²) in [5.41, 5.74) is 4.76. The first-order chi connectivity index (χ1) is 15.2. The Bertz CT molecular complexity index is 1190. The zero-order valence-electron chi connectivity index (χ0n) is 17.6. The summed E-state index contributed by atoms with van der Waals surface area (Å²) in [4.78, 5) is 20.0. The van der Waals surface area contributed by atoms with Gasteiger partial charge in [-0.05, 0) is 43.7 Å². The summed E-state index contributed by atoms with van der Waals surface area (Å²) < 4.78 is 5.51. The molecule has 0 unspecified atom stereocenters. The molecule has 4 aromatic rings. The number of carbonyl (C=O) groups excluding carboxylic acids is 1. The van der Waals surface area contributed by atoms with E-state index in [0.29, 0.717) is 28.3 Å². The van der Waals surface area contributed by atoms with Crippen LogP contribution in [0.25, 0.3) is 22.4 Å². The van der Waals surface area contributed by atoms with Crippen molar-refractivity contribution in [3.63, 3.8) is 0 Å². The number of aromatic nitrogens is 2. The Morgan fingerprint density at radius 2 is 1.71 bits per heavy atom. The lowest BCUT2D eigenvalue weighted by molar-refractivity contribution is 0.0692. The van der Waals surface area contributed by atoms with Crippen molar-refractivity contribution < 1.29 is 9.32 Å². The standard InChI is InChI=1S/C26H25N3O2/c1-18-16-22(23-24(28-31-25(23)27-18)21-10-6-3-7-11-21)26(30)29-14-12-20(13-15-29)17-19-8-4-2-5-9-19/h2-11,16,20H,12-15,17H2,1H3. The predicted octanol–water partition coefficient (Wildman–Crippen LogP) is 5.29. The van der Waals surface area contributed by atoms with Crippen LogP contribution in [-0.4, -0.2) is 34.0 Å². The van der Waals surface area contributed by atoms with Gasteiger partial charge in [0.1, 0.15) is 5.69 Å². The van der Waals surface area contributed by atoms with Gasteiger partial charge in [-0.1, -0.05) is 65.8 Å². The molecule has 3 heterocycles. The average Bonchev–Trinajstić information content (AvgIpc) is 3.23.